The molecule has 0 spiro atoms. The molecular formula is C17H28O2. The van der Waals surface area contributed by atoms with Gasteiger partial charge in [0.15, 0.2) is 0 Å². The quantitative estimate of drug-likeness (QED) is 0.764. The smallest absolute Gasteiger partial charge is 0.119 e. The van der Waals surface area contributed by atoms with Gasteiger partial charge in [0.1, 0.15) is 12.4 Å². The minimum atomic E-state index is 0.0583. The Kier molecular flexibility index (Phi) is 6.36. The third kappa shape index (κ3) is 4.87. The van der Waals surface area contributed by atoms with Crippen molar-refractivity contribution in [3.05, 3.63) is 29.8 Å². The lowest BCUT2D eigenvalue weighted by atomic mass is 9.75. The van der Waals surface area contributed by atoms with Gasteiger partial charge < -0.3 is 9.84 Å². The number of hydrogen-bond donors (Lipinski definition) is 1. The van der Waals surface area contributed by atoms with Crippen molar-refractivity contribution in [2.24, 2.45) is 5.92 Å². The minimum absolute atomic E-state index is 0.0583. The molecule has 0 aliphatic carbocycles. The molecule has 0 fully saturated rings. The molecule has 0 aliphatic rings. The highest BCUT2D eigenvalue weighted by Gasteiger charge is 2.24. The highest BCUT2D eigenvalue weighted by Crippen LogP contribution is 2.34. The zero-order valence-electron chi connectivity index (χ0n) is 12.8. The van der Waals surface area contributed by atoms with E-state index < -0.39 is 0 Å². The summed E-state index contributed by atoms with van der Waals surface area (Å²) in [7, 11) is 0. The van der Waals surface area contributed by atoms with Gasteiger partial charge in [0.25, 0.3) is 0 Å². The number of hydrogen-bond acceptors (Lipinski definition) is 2. The van der Waals surface area contributed by atoms with Gasteiger partial charge in [0.2, 0.25) is 0 Å². The fourth-order valence-corrected chi connectivity index (χ4v) is 2.25. The van der Waals surface area contributed by atoms with Gasteiger partial charge in [0, 0.05) is 0 Å². The maximum atomic E-state index is 8.75. The van der Waals surface area contributed by atoms with Gasteiger partial charge in [-0.1, -0.05) is 46.2 Å². The van der Waals surface area contributed by atoms with E-state index in [1.165, 1.54) is 18.4 Å². The predicted octanol–water partition coefficient (Wildman–Crippen LogP) is 4.16. The van der Waals surface area contributed by atoms with Crippen LogP contribution in [-0.4, -0.2) is 18.3 Å². The lowest BCUT2D eigenvalue weighted by Crippen LogP contribution is -2.21. The van der Waals surface area contributed by atoms with Gasteiger partial charge in [-0.3, -0.25) is 0 Å². The molecule has 1 atom stereocenters. The van der Waals surface area contributed by atoms with Crippen LogP contribution in [0.3, 0.4) is 0 Å². The summed E-state index contributed by atoms with van der Waals surface area (Å²) in [6.45, 7) is 9.58. The molecular weight excluding hydrogens is 236 g/mol. The first kappa shape index (κ1) is 16.0. The Morgan fingerprint density at radius 2 is 1.84 bits per heavy atom. The number of aliphatic hydroxyl groups is 1. The summed E-state index contributed by atoms with van der Waals surface area (Å²) in [5.74, 6) is 1.58. The molecule has 0 saturated heterocycles. The number of ether oxygens (including phenoxy) is 1. The van der Waals surface area contributed by atoms with Gasteiger partial charge in [-0.25, -0.2) is 0 Å². The van der Waals surface area contributed by atoms with Gasteiger partial charge >= 0.3 is 0 Å². The van der Waals surface area contributed by atoms with Crippen molar-refractivity contribution in [1.82, 2.24) is 0 Å². The molecule has 2 nitrogen and oxygen atoms in total. The van der Waals surface area contributed by atoms with Crippen molar-refractivity contribution >= 4 is 0 Å². The summed E-state index contributed by atoms with van der Waals surface area (Å²) < 4.78 is 5.40. The van der Waals surface area contributed by atoms with Crippen molar-refractivity contribution in [1.29, 1.82) is 0 Å². The SMILES string of the molecule is CCC(C)(CCC(C)C)c1ccc(OCCO)cc1. The van der Waals surface area contributed by atoms with Crippen molar-refractivity contribution in [2.45, 2.75) is 52.4 Å². The summed E-state index contributed by atoms with van der Waals surface area (Å²) in [6, 6.07) is 8.34. The van der Waals surface area contributed by atoms with Crippen molar-refractivity contribution in [3.8, 4) is 5.75 Å². The molecule has 19 heavy (non-hydrogen) atoms. The lowest BCUT2D eigenvalue weighted by molar-refractivity contribution is 0.201. The summed E-state index contributed by atoms with van der Waals surface area (Å²) in [4.78, 5) is 0. The molecule has 0 heterocycles. The van der Waals surface area contributed by atoms with E-state index in [2.05, 4.69) is 39.8 Å². The van der Waals surface area contributed by atoms with Crippen LogP contribution in [0.25, 0.3) is 0 Å². The summed E-state index contributed by atoms with van der Waals surface area (Å²) >= 11 is 0. The Labute approximate surface area is 117 Å². The molecule has 108 valence electrons. The molecule has 0 amide bonds. The van der Waals surface area contributed by atoms with E-state index in [0.717, 1.165) is 18.1 Å². The maximum absolute atomic E-state index is 8.75. The summed E-state index contributed by atoms with van der Waals surface area (Å²) in [5, 5.41) is 8.75. The number of benzene rings is 1. The minimum Gasteiger partial charge on any atom is -0.491 e. The highest BCUT2D eigenvalue weighted by atomic mass is 16.5. The van der Waals surface area contributed by atoms with Crippen LogP contribution >= 0.6 is 0 Å². The van der Waals surface area contributed by atoms with E-state index in [1.54, 1.807) is 0 Å². The molecule has 0 radical (unpaired) electrons. The average molecular weight is 264 g/mol. The molecule has 1 unspecified atom stereocenters. The van der Waals surface area contributed by atoms with Crippen LogP contribution < -0.4 is 4.74 Å². The summed E-state index contributed by atoms with van der Waals surface area (Å²) in [6.07, 6.45) is 3.63. The van der Waals surface area contributed by atoms with Gasteiger partial charge in [-0.2, -0.15) is 0 Å². The second-order valence-corrected chi connectivity index (χ2v) is 5.94. The molecule has 1 rings (SSSR count). The molecule has 2 heteroatoms. The predicted molar refractivity (Wildman–Crippen MR) is 80.7 cm³/mol. The Hall–Kier alpha value is -1.02. The molecule has 1 aromatic carbocycles. The molecule has 0 aliphatic heterocycles. The molecule has 1 aromatic rings. The van der Waals surface area contributed by atoms with Gasteiger partial charge in [-0.05, 0) is 41.9 Å². The zero-order valence-corrected chi connectivity index (χ0v) is 12.8. The topological polar surface area (TPSA) is 29.5 Å². The van der Waals surface area contributed by atoms with E-state index in [1.807, 2.05) is 12.1 Å². The zero-order chi connectivity index (χ0) is 14.3. The van der Waals surface area contributed by atoms with E-state index in [4.69, 9.17) is 9.84 Å². The van der Waals surface area contributed by atoms with Crippen molar-refractivity contribution in [3.63, 3.8) is 0 Å². The highest BCUT2D eigenvalue weighted by molar-refractivity contribution is 5.32. The summed E-state index contributed by atoms with van der Waals surface area (Å²) in [5.41, 5.74) is 1.63. The number of aliphatic hydroxyl groups excluding tert-OH is 1. The Balaban J connectivity index is 2.74. The fourth-order valence-electron chi connectivity index (χ4n) is 2.25. The Morgan fingerprint density at radius 3 is 2.32 bits per heavy atom. The first-order valence-corrected chi connectivity index (χ1v) is 7.36. The third-order valence-corrected chi connectivity index (χ3v) is 3.97. The molecule has 0 bridgehead atoms. The van der Waals surface area contributed by atoms with Crippen molar-refractivity contribution in [2.75, 3.05) is 13.2 Å². The van der Waals surface area contributed by atoms with Gasteiger partial charge in [0.05, 0.1) is 6.61 Å². The largest absolute Gasteiger partial charge is 0.491 e. The first-order valence-electron chi connectivity index (χ1n) is 7.36. The van der Waals surface area contributed by atoms with E-state index in [0.29, 0.717) is 6.61 Å². The Bertz CT molecular complexity index is 356. The molecule has 0 saturated carbocycles. The molecule has 1 N–H and O–H groups in total. The van der Waals surface area contributed by atoms with E-state index in [-0.39, 0.29) is 12.0 Å². The number of rotatable bonds is 8. The molecule has 0 aromatic heterocycles. The van der Waals surface area contributed by atoms with Crippen LogP contribution in [0.15, 0.2) is 24.3 Å². The standard InChI is InChI=1S/C17H28O2/c1-5-17(4,11-10-14(2)3)15-6-8-16(9-7-15)19-13-12-18/h6-9,14,18H,5,10-13H2,1-4H3. The van der Waals surface area contributed by atoms with Gasteiger partial charge in [-0.15, -0.1) is 0 Å². The van der Waals surface area contributed by atoms with Crippen LogP contribution in [-0.2, 0) is 5.41 Å². The van der Waals surface area contributed by atoms with Crippen LogP contribution in [0, 0.1) is 5.92 Å². The van der Waals surface area contributed by atoms with E-state index in [9.17, 15) is 0 Å². The Morgan fingerprint density at radius 1 is 1.21 bits per heavy atom. The monoisotopic (exact) mass is 264 g/mol. The second-order valence-electron chi connectivity index (χ2n) is 5.94. The lowest BCUT2D eigenvalue weighted by Gasteiger charge is -2.30. The third-order valence-electron chi connectivity index (χ3n) is 3.97. The van der Waals surface area contributed by atoms with Crippen LogP contribution in [0.5, 0.6) is 5.75 Å². The normalized spacial score (nSPS) is 14.4. The van der Waals surface area contributed by atoms with Crippen molar-refractivity contribution < 1.29 is 9.84 Å². The van der Waals surface area contributed by atoms with Crippen LogP contribution in [0.2, 0.25) is 0 Å². The average Bonchev–Trinajstić information content (AvgIpc) is 2.43. The van der Waals surface area contributed by atoms with Crippen LogP contribution in [0.1, 0.15) is 52.5 Å². The second kappa shape index (κ2) is 7.54. The van der Waals surface area contributed by atoms with E-state index >= 15 is 0 Å². The maximum Gasteiger partial charge on any atom is 0.119 e. The fraction of sp³-hybridized carbons (Fsp3) is 0.647. The first-order chi connectivity index (χ1) is 9.01. The van der Waals surface area contributed by atoms with Crippen LogP contribution in [0.4, 0.5) is 0 Å².